The molecular weight excluding hydrogens is 440 g/mol. The van der Waals surface area contributed by atoms with Crippen molar-refractivity contribution in [2.75, 3.05) is 12.4 Å². The van der Waals surface area contributed by atoms with Gasteiger partial charge in [0.15, 0.2) is 9.84 Å². The van der Waals surface area contributed by atoms with Gasteiger partial charge in [0.25, 0.3) is 0 Å². The van der Waals surface area contributed by atoms with Crippen molar-refractivity contribution in [3.05, 3.63) is 77.9 Å². The highest BCUT2D eigenvalue weighted by atomic mass is 32.2. The number of aromatic nitrogens is 3. The number of sulfone groups is 1. The first-order valence-electron chi connectivity index (χ1n) is 10.2. The molecule has 1 saturated heterocycles. The third-order valence-corrected chi connectivity index (χ3v) is 7.17. The van der Waals surface area contributed by atoms with Gasteiger partial charge in [-0.15, -0.1) is 0 Å². The highest BCUT2D eigenvalue weighted by molar-refractivity contribution is 7.91. The number of hydrogen-bond donors (Lipinski definition) is 0. The maximum absolute atomic E-state index is 14.6. The van der Waals surface area contributed by atoms with Crippen LogP contribution in [0.1, 0.15) is 24.0 Å². The summed E-state index contributed by atoms with van der Waals surface area (Å²) in [6.07, 6.45) is 3.05. The van der Waals surface area contributed by atoms with E-state index in [1.54, 1.807) is 24.3 Å². The molecule has 0 bridgehead atoms. The zero-order chi connectivity index (χ0) is 22.8. The van der Waals surface area contributed by atoms with Gasteiger partial charge in [-0.05, 0) is 44.0 Å². The van der Waals surface area contributed by atoms with Crippen molar-refractivity contribution < 1.29 is 26.7 Å². The lowest BCUT2D eigenvalue weighted by Gasteiger charge is -2.28. The molecule has 0 radical (unpaired) electrons. The van der Waals surface area contributed by atoms with Crippen molar-refractivity contribution in [2.24, 2.45) is 0 Å². The Bertz CT molecular complexity index is 1170. The summed E-state index contributed by atoms with van der Waals surface area (Å²) in [7, 11) is -3.42. The molecule has 0 saturated carbocycles. The highest BCUT2D eigenvalue weighted by Gasteiger charge is 2.45. The molecule has 1 aliphatic rings. The molecule has 0 unspecified atom stereocenters. The number of hydrogen-bond acceptors (Lipinski definition) is 6. The Morgan fingerprint density at radius 1 is 1.19 bits per heavy atom. The van der Waals surface area contributed by atoms with Crippen molar-refractivity contribution in [1.29, 1.82) is 0 Å². The second-order valence-corrected chi connectivity index (χ2v) is 9.90. The van der Waals surface area contributed by atoms with Gasteiger partial charge in [0, 0.05) is 11.6 Å². The van der Waals surface area contributed by atoms with E-state index in [0.717, 1.165) is 17.7 Å². The first-order chi connectivity index (χ1) is 15.3. The van der Waals surface area contributed by atoms with Crippen LogP contribution in [0.4, 0.5) is 8.78 Å². The van der Waals surface area contributed by atoms with E-state index in [1.807, 2.05) is 6.92 Å². The summed E-state index contributed by atoms with van der Waals surface area (Å²) < 4.78 is 66.6. The van der Waals surface area contributed by atoms with Gasteiger partial charge >= 0.3 is 0 Å². The molecule has 4 rings (SSSR count). The Morgan fingerprint density at radius 2 is 1.97 bits per heavy atom. The van der Waals surface area contributed by atoms with Gasteiger partial charge in [-0.2, -0.15) is 5.10 Å². The second-order valence-electron chi connectivity index (χ2n) is 7.80. The predicted molar refractivity (Wildman–Crippen MR) is 111 cm³/mol. The SMILES string of the molecule is Cc1ccc(S(=O)(=O)CCC[C@@H]2CO[C@@](Cn3cncn3)(c3ccc(F)cc3F)O2)cc1. The summed E-state index contributed by atoms with van der Waals surface area (Å²) in [4.78, 5) is 4.15. The third-order valence-electron chi connectivity index (χ3n) is 5.36. The first kappa shape index (κ1) is 22.5. The molecule has 10 heteroatoms. The maximum Gasteiger partial charge on any atom is 0.218 e. The third kappa shape index (κ3) is 4.87. The zero-order valence-electron chi connectivity index (χ0n) is 17.4. The molecule has 2 atom stereocenters. The van der Waals surface area contributed by atoms with Gasteiger partial charge < -0.3 is 9.47 Å². The highest BCUT2D eigenvalue weighted by Crippen LogP contribution is 2.38. The summed E-state index contributed by atoms with van der Waals surface area (Å²) in [6, 6.07) is 9.90. The van der Waals surface area contributed by atoms with E-state index in [-0.39, 0.29) is 29.4 Å². The number of aryl methyl sites for hydroxylation is 1. The minimum Gasteiger partial charge on any atom is -0.342 e. The number of benzene rings is 2. The predicted octanol–water partition coefficient (Wildman–Crippen LogP) is 3.39. The summed E-state index contributed by atoms with van der Waals surface area (Å²) >= 11 is 0. The Morgan fingerprint density at radius 3 is 2.66 bits per heavy atom. The van der Waals surface area contributed by atoms with Crippen molar-refractivity contribution in [3.8, 4) is 0 Å². The molecule has 0 N–H and O–H groups in total. The van der Waals surface area contributed by atoms with Crippen LogP contribution in [0.15, 0.2) is 60.0 Å². The van der Waals surface area contributed by atoms with Crippen LogP contribution in [-0.4, -0.2) is 41.6 Å². The number of ether oxygens (including phenoxy) is 2. The smallest absolute Gasteiger partial charge is 0.218 e. The monoisotopic (exact) mass is 463 g/mol. The molecule has 32 heavy (non-hydrogen) atoms. The van der Waals surface area contributed by atoms with Gasteiger partial charge in [-0.25, -0.2) is 26.9 Å². The quantitative estimate of drug-likeness (QED) is 0.509. The van der Waals surface area contributed by atoms with Crippen LogP contribution in [0, 0.1) is 18.6 Å². The Labute approximate surface area is 184 Å². The van der Waals surface area contributed by atoms with E-state index in [2.05, 4.69) is 10.1 Å². The zero-order valence-corrected chi connectivity index (χ0v) is 18.3. The van der Waals surface area contributed by atoms with E-state index in [4.69, 9.17) is 9.47 Å². The fraction of sp³-hybridized carbons (Fsp3) is 0.364. The minimum absolute atomic E-state index is 0.00766. The standard InChI is InChI=1S/C22H23F2N3O4S/c1-16-4-7-19(8-5-16)32(28,29)10-2-3-18-12-30-22(31-18,13-27-15-25-14-26-27)20-9-6-17(23)11-21(20)24/h4-9,11,14-15,18H,2-3,10,12-13H2,1H3/t18-,22-/m1/s1. The summed E-state index contributed by atoms with van der Waals surface area (Å²) in [6.45, 7) is 2.03. The van der Waals surface area contributed by atoms with E-state index < -0.39 is 33.4 Å². The fourth-order valence-corrected chi connectivity index (χ4v) is 5.04. The van der Waals surface area contributed by atoms with Crippen molar-refractivity contribution in [3.63, 3.8) is 0 Å². The van der Waals surface area contributed by atoms with Gasteiger partial charge in [-0.1, -0.05) is 17.7 Å². The van der Waals surface area contributed by atoms with Crippen LogP contribution in [0.2, 0.25) is 0 Å². The average molecular weight is 464 g/mol. The molecule has 2 heterocycles. The Kier molecular flexibility index (Phi) is 6.36. The molecular formula is C22H23F2N3O4S. The number of halogens is 2. The summed E-state index contributed by atoms with van der Waals surface area (Å²) in [5.74, 6) is -3.08. The lowest BCUT2D eigenvalue weighted by molar-refractivity contribution is -0.190. The minimum atomic E-state index is -3.42. The molecule has 1 aliphatic heterocycles. The fourth-order valence-electron chi connectivity index (χ4n) is 3.71. The summed E-state index contributed by atoms with van der Waals surface area (Å²) in [5, 5.41) is 4.03. The van der Waals surface area contributed by atoms with Crippen LogP contribution in [0.3, 0.4) is 0 Å². The Hall–Kier alpha value is -2.69. The molecule has 0 amide bonds. The van der Waals surface area contributed by atoms with Gasteiger partial charge in [0.2, 0.25) is 5.79 Å². The number of nitrogens with zero attached hydrogens (tertiary/aromatic N) is 3. The Balaban J connectivity index is 1.46. The lowest BCUT2D eigenvalue weighted by atomic mass is 10.0. The van der Waals surface area contributed by atoms with E-state index in [0.29, 0.717) is 12.8 Å². The molecule has 3 aromatic rings. The molecule has 2 aromatic carbocycles. The van der Waals surface area contributed by atoms with Crippen molar-refractivity contribution in [2.45, 2.75) is 43.1 Å². The molecule has 0 aliphatic carbocycles. The average Bonchev–Trinajstić information content (AvgIpc) is 3.39. The maximum atomic E-state index is 14.6. The van der Waals surface area contributed by atoms with E-state index in [1.165, 1.54) is 23.4 Å². The van der Waals surface area contributed by atoms with Crippen LogP contribution in [0.5, 0.6) is 0 Å². The largest absolute Gasteiger partial charge is 0.342 e. The molecule has 1 fully saturated rings. The van der Waals surface area contributed by atoms with Gasteiger partial charge in [-0.3, -0.25) is 0 Å². The van der Waals surface area contributed by atoms with E-state index >= 15 is 0 Å². The normalized spacial score (nSPS) is 21.2. The first-order valence-corrected chi connectivity index (χ1v) is 11.8. The second kappa shape index (κ2) is 9.05. The summed E-state index contributed by atoms with van der Waals surface area (Å²) in [5.41, 5.74) is 1.03. The molecule has 7 nitrogen and oxygen atoms in total. The van der Waals surface area contributed by atoms with Gasteiger partial charge in [0.05, 0.1) is 23.4 Å². The molecule has 1 aromatic heterocycles. The van der Waals surface area contributed by atoms with Gasteiger partial charge in [0.1, 0.15) is 30.8 Å². The molecule has 0 spiro atoms. The van der Waals surface area contributed by atoms with Crippen molar-refractivity contribution in [1.82, 2.24) is 14.8 Å². The van der Waals surface area contributed by atoms with Crippen LogP contribution < -0.4 is 0 Å². The van der Waals surface area contributed by atoms with Crippen LogP contribution >= 0.6 is 0 Å². The molecule has 170 valence electrons. The van der Waals surface area contributed by atoms with Crippen LogP contribution in [0.25, 0.3) is 0 Å². The van der Waals surface area contributed by atoms with Crippen LogP contribution in [-0.2, 0) is 31.6 Å². The lowest BCUT2D eigenvalue weighted by Crippen LogP contribution is -2.35. The number of rotatable bonds is 8. The van der Waals surface area contributed by atoms with Crippen molar-refractivity contribution >= 4 is 9.84 Å². The topological polar surface area (TPSA) is 83.3 Å². The van der Waals surface area contributed by atoms with E-state index in [9.17, 15) is 17.2 Å².